The summed E-state index contributed by atoms with van der Waals surface area (Å²) in [6.45, 7) is 2.19. The van der Waals surface area contributed by atoms with E-state index in [1.807, 2.05) is 13.0 Å². The maximum absolute atomic E-state index is 11.9. The molecule has 21 heavy (non-hydrogen) atoms. The Kier molecular flexibility index (Phi) is 5.10. The highest BCUT2D eigenvalue weighted by atomic mass is 16.5. The molecule has 0 saturated heterocycles. The van der Waals surface area contributed by atoms with Crippen molar-refractivity contribution in [2.24, 2.45) is 0 Å². The van der Waals surface area contributed by atoms with Crippen LogP contribution in [-0.2, 0) is 4.74 Å². The second-order valence-corrected chi connectivity index (χ2v) is 4.32. The topological polar surface area (TPSA) is 52.6 Å². The lowest BCUT2D eigenvalue weighted by molar-refractivity contribution is 0.0474. The molecule has 0 aliphatic carbocycles. The van der Waals surface area contributed by atoms with Crippen LogP contribution in [0.5, 0.6) is 5.75 Å². The molecule has 0 aliphatic heterocycles. The molecule has 0 unspecified atom stereocenters. The fourth-order valence-electron chi connectivity index (χ4n) is 1.78. The number of ether oxygens (including phenoxy) is 2. The molecule has 2 aromatic rings. The summed E-state index contributed by atoms with van der Waals surface area (Å²) in [5.74, 6) is -0.0486. The zero-order chi connectivity index (χ0) is 15.1. The quantitative estimate of drug-likeness (QED) is 0.604. The predicted octanol–water partition coefficient (Wildman–Crippen LogP) is 3.13. The van der Waals surface area contributed by atoms with Crippen molar-refractivity contribution in [3.05, 3.63) is 65.7 Å². The van der Waals surface area contributed by atoms with Crippen molar-refractivity contribution in [1.82, 2.24) is 0 Å². The van der Waals surface area contributed by atoms with Gasteiger partial charge in [-0.3, -0.25) is 4.79 Å². The van der Waals surface area contributed by atoms with Crippen molar-refractivity contribution >= 4 is 11.8 Å². The number of hydrogen-bond acceptors (Lipinski definition) is 4. The lowest BCUT2D eigenvalue weighted by Crippen LogP contribution is -2.14. The van der Waals surface area contributed by atoms with Crippen LogP contribution in [0.15, 0.2) is 54.6 Å². The van der Waals surface area contributed by atoms with Crippen molar-refractivity contribution in [2.75, 3.05) is 13.2 Å². The minimum absolute atomic E-state index is 0.248. The Morgan fingerprint density at radius 2 is 1.57 bits per heavy atom. The SMILES string of the molecule is CCOc1ccc(C(=O)COC(=O)c2ccccc2)cc1. The summed E-state index contributed by atoms with van der Waals surface area (Å²) in [6.07, 6.45) is 0. The maximum Gasteiger partial charge on any atom is 0.338 e. The van der Waals surface area contributed by atoms with Gasteiger partial charge < -0.3 is 9.47 Å². The molecule has 2 rings (SSSR count). The van der Waals surface area contributed by atoms with Gasteiger partial charge in [0.05, 0.1) is 12.2 Å². The Morgan fingerprint density at radius 1 is 0.905 bits per heavy atom. The van der Waals surface area contributed by atoms with Crippen LogP contribution in [0.25, 0.3) is 0 Å². The van der Waals surface area contributed by atoms with E-state index in [2.05, 4.69) is 0 Å². The smallest absolute Gasteiger partial charge is 0.338 e. The average Bonchev–Trinajstić information content (AvgIpc) is 2.54. The zero-order valence-corrected chi connectivity index (χ0v) is 11.7. The van der Waals surface area contributed by atoms with Crippen LogP contribution < -0.4 is 4.74 Å². The molecule has 0 radical (unpaired) electrons. The first kappa shape index (κ1) is 14.8. The van der Waals surface area contributed by atoms with E-state index in [1.54, 1.807) is 48.5 Å². The number of carbonyl (C=O) groups is 2. The Balaban J connectivity index is 1.91. The van der Waals surface area contributed by atoms with Crippen LogP contribution >= 0.6 is 0 Å². The molecule has 0 amide bonds. The summed E-state index contributed by atoms with van der Waals surface area (Å²) in [5, 5.41) is 0. The number of ketones is 1. The van der Waals surface area contributed by atoms with E-state index < -0.39 is 5.97 Å². The van der Waals surface area contributed by atoms with E-state index >= 15 is 0 Å². The molecule has 0 N–H and O–H groups in total. The third-order valence-electron chi connectivity index (χ3n) is 2.83. The standard InChI is InChI=1S/C17H16O4/c1-2-20-15-10-8-13(9-11-15)16(18)12-21-17(19)14-6-4-3-5-7-14/h3-11H,2,12H2,1H3. The molecule has 2 aromatic carbocycles. The van der Waals surface area contributed by atoms with Crippen molar-refractivity contribution < 1.29 is 19.1 Å². The maximum atomic E-state index is 11.9. The number of Topliss-reactive ketones (excluding diaryl/α,β-unsaturated/α-hetero) is 1. The molecule has 0 aliphatic rings. The molecular formula is C17H16O4. The Bertz CT molecular complexity index is 602. The second-order valence-electron chi connectivity index (χ2n) is 4.32. The van der Waals surface area contributed by atoms with E-state index in [1.165, 1.54) is 0 Å². The van der Waals surface area contributed by atoms with E-state index in [0.717, 1.165) is 0 Å². The van der Waals surface area contributed by atoms with Gasteiger partial charge in [-0.1, -0.05) is 18.2 Å². The fourth-order valence-corrected chi connectivity index (χ4v) is 1.78. The molecule has 0 heterocycles. The zero-order valence-electron chi connectivity index (χ0n) is 11.7. The van der Waals surface area contributed by atoms with Crippen LogP contribution in [0.3, 0.4) is 0 Å². The average molecular weight is 284 g/mol. The highest BCUT2D eigenvalue weighted by Gasteiger charge is 2.11. The van der Waals surface area contributed by atoms with Crippen molar-refractivity contribution in [3.8, 4) is 5.75 Å². The van der Waals surface area contributed by atoms with Gasteiger partial charge in [0, 0.05) is 5.56 Å². The van der Waals surface area contributed by atoms with E-state index in [0.29, 0.717) is 23.5 Å². The normalized spacial score (nSPS) is 9.95. The van der Waals surface area contributed by atoms with Gasteiger partial charge in [-0.25, -0.2) is 4.79 Å². The summed E-state index contributed by atoms with van der Waals surface area (Å²) in [4.78, 5) is 23.7. The second kappa shape index (κ2) is 7.24. The van der Waals surface area contributed by atoms with Gasteiger partial charge in [0.1, 0.15) is 5.75 Å². The summed E-state index contributed by atoms with van der Waals surface area (Å²) < 4.78 is 10.3. The minimum atomic E-state index is -0.505. The largest absolute Gasteiger partial charge is 0.494 e. The van der Waals surface area contributed by atoms with Gasteiger partial charge in [-0.15, -0.1) is 0 Å². The lowest BCUT2D eigenvalue weighted by atomic mass is 10.1. The number of hydrogen-bond donors (Lipinski definition) is 0. The Morgan fingerprint density at radius 3 is 2.19 bits per heavy atom. The molecule has 0 aromatic heterocycles. The van der Waals surface area contributed by atoms with Crippen LogP contribution in [0.2, 0.25) is 0 Å². The molecule has 0 saturated carbocycles. The Hall–Kier alpha value is -2.62. The van der Waals surface area contributed by atoms with Crippen molar-refractivity contribution in [3.63, 3.8) is 0 Å². The third kappa shape index (κ3) is 4.18. The summed E-state index contributed by atoms with van der Waals surface area (Å²) in [7, 11) is 0. The van der Waals surface area contributed by atoms with Gasteiger partial charge >= 0.3 is 5.97 Å². The van der Waals surface area contributed by atoms with Crippen LogP contribution in [0, 0.1) is 0 Å². The van der Waals surface area contributed by atoms with Gasteiger partial charge in [-0.05, 0) is 43.3 Å². The monoisotopic (exact) mass is 284 g/mol. The first-order valence-electron chi connectivity index (χ1n) is 6.69. The van der Waals surface area contributed by atoms with Crippen LogP contribution in [-0.4, -0.2) is 25.0 Å². The summed E-state index contributed by atoms with van der Waals surface area (Å²) >= 11 is 0. The Labute approximate surface area is 123 Å². The number of carbonyl (C=O) groups excluding carboxylic acids is 2. The lowest BCUT2D eigenvalue weighted by Gasteiger charge is -2.06. The van der Waals surface area contributed by atoms with Gasteiger partial charge in [0.25, 0.3) is 0 Å². The first-order chi connectivity index (χ1) is 10.2. The summed E-state index contributed by atoms with van der Waals surface area (Å²) in [6, 6.07) is 15.3. The predicted molar refractivity (Wildman–Crippen MR) is 78.7 cm³/mol. The van der Waals surface area contributed by atoms with Crippen molar-refractivity contribution in [1.29, 1.82) is 0 Å². The number of benzene rings is 2. The molecule has 108 valence electrons. The molecular weight excluding hydrogens is 268 g/mol. The molecule has 0 spiro atoms. The minimum Gasteiger partial charge on any atom is -0.494 e. The van der Waals surface area contributed by atoms with Gasteiger partial charge in [0.15, 0.2) is 12.4 Å². The van der Waals surface area contributed by atoms with E-state index in [-0.39, 0.29) is 12.4 Å². The highest BCUT2D eigenvalue weighted by molar-refractivity contribution is 5.99. The van der Waals surface area contributed by atoms with Gasteiger partial charge in [-0.2, -0.15) is 0 Å². The third-order valence-corrected chi connectivity index (χ3v) is 2.83. The van der Waals surface area contributed by atoms with Gasteiger partial charge in [0.2, 0.25) is 0 Å². The molecule has 4 nitrogen and oxygen atoms in total. The summed E-state index contributed by atoms with van der Waals surface area (Å²) in [5.41, 5.74) is 0.913. The number of rotatable bonds is 6. The fraction of sp³-hybridized carbons (Fsp3) is 0.176. The van der Waals surface area contributed by atoms with Crippen LogP contribution in [0.1, 0.15) is 27.6 Å². The van der Waals surface area contributed by atoms with Crippen LogP contribution in [0.4, 0.5) is 0 Å². The molecule has 4 heteroatoms. The number of esters is 1. The first-order valence-corrected chi connectivity index (χ1v) is 6.69. The van der Waals surface area contributed by atoms with Crippen molar-refractivity contribution in [2.45, 2.75) is 6.92 Å². The van der Waals surface area contributed by atoms with E-state index in [4.69, 9.17) is 9.47 Å². The molecule has 0 bridgehead atoms. The highest BCUT2D eigenvalue weighted by Crippen LogP contribution is 2.13. The molecule has 0 atom stereocenters. The van der Waals surface area contributed by atoms with E-state index in [9.17, 15) is 9.59 Å². The molecule has 0 fully saturated rings.